The lowest BCUT2D eigenvalue weighted by atomic mass is 10.1. The lowest BCUT2D eigenvalue weighted by molar-refractivity contribution is -0.122. The molecule has 6 nitrogen and oxygen atoms in total. The van der Waals surface area contributed by atoms with Crippen molar-refractivity contribution in [3.8, 4) is 0 Å². The minimum absolute atomic E-state index is 0. The van der Waals surface area contributed by atoms with Crippen molar-refractivity contribution in [2.45, 2.75) is 25.3 Å². The molecule has 1 aliphatic heterocycles. The number of halogens is 3. The van der Waals surface area contributed by atoms with Gasteiger partial charge in [0.1, 0.15) is 11.6 Å². The molecule has 0 atom stereocenters. The Labute approximate surface area is 176 Å². The van der Waals surface area contributed by atoms with Gasteiger partial charge in [-0.15, -0.1) is 24.0 Å². The zero-order valence-corrected chi connectivity index (χ0v) is 18.1. The summed E-state index contributed by atoms with van der Waals surface area (Å²) >= 11 is 0. The first-order valence-electron chi connectivity index (χ1n) is 8.86. The van der Waals surface area contributed by atoms with Crippen molar-refractivity contribution in [2.75, 3.05) is 40.3 Å². The van der Waals surface area contributed by atoms with E-state index >= 15 is 0 Å². The molecule has 0 unspecified atom stereocenters. The van der Waals surface area contributed by atoms with Gasteiger partial charge in [0.25, 0.3) is 0 Å². The van der Waals surface area contributed by atoms with Crippen molar-refractivity contribution in [1.29, 1.82) is 0 Å². The summed E-state index contributed by atoms with van der Waals surface area (Å²) in [6.45, 7) is 2.57. The van der Waals surface area contributed by atoms with Crippen LogP contribution in [0, 0.1) is 11.6 Å². The van der Waals surface area contributed by atoms with Gasteiger partial charge in [0, 0.05) is 39.8 Å². The second kappa shape index (κ2) is 12.1. The Morgan fingerprint density at radius 2 is 2.00 bits per heavy atom. The molecule has 0 aliphatic carbocycles. The number of rotatable bonds is 6. The van der Waals surface area contributed by atoms with Gasteiger partial charge in [-0.05, 0) is 43.0 Å². The number of hydrogen-bond acceptors (Lipinski definition) is 3. The summed E-state index contributed by atoms with van der Waals surface area (Å²) in [4.78, 5) is 17.7. The number of likely N-dealkylation sites (tertiary alicyclic amines) is 1. The summed E-state index contributed by atoms with van der Waals surface area (Å²) in [5.74, 6) is -0.169. The Bertz CT molecular complexity index is 636. The molecule has 0 bridgehead atoms. The van der Waals surface area contributed by atoms with Crippen molar-refractivity contribution in [1.82, 2.24) is 20.9 Å². The van der Waals surface area contributed by atoms with Crippen molar-refractivity contribution < 1.29 is 13.6 Å². The number of amides is 1. The second-order valence-corrected chi connectivity index (χ2v) is 6.35. The minimum atomic E-state index is -0.438. The summed E-state index contributed by atoms with van der Waals surface area (Å²) in [7, 11) is 3.32. The molecule has 9 heteroatoms. The van der Waals surface area contributed by atoms with Gasteiger partial charge in [-0.25, -0.2) is 8.78 Å². The van der Waals surface area contributed by atoms with Crippen molar-refractivity contribution in [3.05, 3.63) is 35.4 Å². The van der Waals surface area contributed by atoms with Gasteiger partial charge >= 0.3 is 0 Å². The van der Waals surface area contributed by atoms with Gasteiger partial charge in [-0.1, -0.05) is 0 Å². The molecule has 0 radical (unpaired) electrons. The lowest BCUT2D eigenvalue weighted by Crippen LogP contribution is -2.50. The van der Waals surface area contributed by atoms with Crippen LogP contribution in [-0.4, -0.2) is 63.1 Å². The highest BCUT2D eigenvalue weighted by Crippen LogP contribution is 2.11. The molecule has 0 saturated carbocycles. The highest BCUT2D eigenvalue weighted by Gasteiger charge is 2.21. The molecule has 27 heavy (non-hydrogen) atoms. The van der Waals surface area contributed by atoms with E-state index in [4.69, 9.17) is 0 Å². The van der Waals surface area contributed by atoms with Crippen LogP contribution in [0.25, 0.3) is 0 Å². The largest absolute Gasteiger partial charge is 0.358 e. The maximum Gasteiger partial charge on any atom is 0.233 e. The molecule has 0 spiro atoms. The number of aliphatic imine (C=N–C) groups is 1. The Morgan fingerprint density at radius 3 is 2.63 bits per heavy atom. The van der Waals surface area contributed by atoms with Crippen LogP contribution >= 0.6 is 24.0 Å². The first-order chi connectivity index (χ1) is 12.5. The van der Waals surface area contributed by atoms with Crippen molar-refractivity contribution >= 4 is 35.8 Å². The average Bonchev–Trinajstić information content (AvgIpc) is 2.65. The third-order valence-electron chi connectivity index (χ3n) is 4.49. The number of guanidine groups is 1. The Kier molecular flexibility index (Phi) is 10.5. The van der Waals surface area contributed by atoms with Crippen molar-refractivity contribution in [2.24, 2.45) is 4.99 Å². The molecule has 152 valence electrons. The fourth-order valence-electron chi connectivity index (χ4n) is 2.96. The topological polar surface area (TPSA) is 68.8 Å². The van der Waals surface area contributed by atoms with Gasteiger partial charge < -0.3 is 16.0 Å². The summed E-state index contributed by atoms with van der Waals surface area (Å²) in [6, 6.07) is 3.75. The van der Waals surface area contributed by atoms with E-state index in [0.717, 1.165) is 38.1 Å². The standard InChI is InChI=1S/C18H27F2N5O.HI/c1-21-17(26)12-25-9-6-15(7-10-25)24-18(22-2)23-8-5-13-11-14(19)3-4-16(13)20;/h3-4,11,15H,5-10,12H2,1-2H3,(H,21,26)(H2,22,23,24);1H. The van der Waals surface area contributed by atoms with Crippen LogP contribution in [-0.2, 0) is 11.2 Å². The summed E-state index contributed by atoms with van der Waals surface area (Å²) in [6.07, 6.45) is 2.20. The molecule has 1 saturated heterocycles. The van der Waals surface area contributed by atoms with Gasteiger partial charge in [0.15, 0.2) is 5.96 Å². The third kappa shape index (κ3) is 7.96. The quantitative estimate of drug-likeness (QED) is 0.318. The molecule has 0 aromatic heterocycles. The number of piperidine rings is 1. The van der Waals surface area contributed by atoms with Crippen LogP contribution in [0.3, 0.4) is 0 Å². The lowest BCUT2D eigenvalue weighted by Gasteiger charge is -2.32. The van der Waals surface area contributed by atoms with Gasteiger partial charge in [-0.2, -0.15) is 0 Å². The first kappa shape index (κ1) is 23.5. The summed E-state index contributed by atoms with van der Waals surface area (Å²) in [5, 5.41) is 9.12. The Morgan fingerprint density at radius 1 is 1.30 bits per heavy atom. The number of carbonyl (C=O) groups is 1. The second-order valence-electron chi connectivity index (χ2n) is 6.35. The average molecular weight is 495 g/mol. The zero-order chi connectivity index (χ0) is 18.9. The summed E-state index contributed by atoms with van der Waals surface area (Å²) in [5.41, 5.74) is 0.343. The van der Waals surface area contributed by atoms with E-state index in [2.05, 4.69) is 25.8 Å². The van der Waals surface area contributed by atoms with Gasteiger partial charge in [-0.3, -0.25) is 14.7 Å². The molecule has 2 rings (SSSR count). The molecule has 1 aliphatic rings. The van der Waals surface area contributed by atoms with Crippen molar-refractivity contribution in [3.63, 3.8) is 0 Å². The van der Waals surface area contributed by atoms with E-state index in [1.54, 1.807) is 14.1 Å². The van der Waals surface area contributed by atoms with Crippen LogP contribution in [0.5, 0.6) is 0 Å². The van der Waals surface area contributed by atoms with E-state index in [0.29, 0.717) is 31.0 Å². The molecule has 1 heterocycles. The highest BCUT2D eigenvalue weighted by atomic mass is 127. The van der Waals surface area contributed by atoms with Crippen LogP contribution in [0.1, 0.15) is 18.4 Å². The van der Waals surface area contributed by atoms with Gasteiger partial charge in [0.2, 0.25) is 5.91 Å². The number of nitrogens with zero attached hydrogens (tertiary/aromatic N) is 2. The van der Waals surface area contributed by atoms with Crippen LogP contribution < -0.4 is 16.0 Å². The maximum atomic E-state index is 13.6. The number of likely N-dealkylation sites (N-methyl/N-ethyl adjacent to an activating group) is 1. The first-order valence-corrected chi connectivity index (χ1v) is 8.86. The highest BCUT2D eigenvalue weighted by molar-refractivity contribution is 14.0. The Hall–Kier alpha value is -1.49. The van der Waals surface area contributed by atoms with E-state index in [-0.39, 0.29) is 35.9 Å². The number of hydrogen-bond donors (Lipinski definition) is 3. The SMILES string of the molecule is CN=C(NCCc1cc(F)ccc1F)NC1CCN(CC(=O)NC)CC1.I. The molecule has 1 fully saturated rings. The van der Waals surface area contributed by atoms with E-state index in [9.17, 15) is 13.6 Å². The monoisotopic (exact) mass is 495 g/mol. The molecular weight excluding hydrogens is 467 g/mol. The van der Waals surface area contributed by atoms with E-state index in [1.165, 1.54) is 6.07 Å². The Balaban J connectivity index is 0.00000364. The molecule has 3 N–H and O–H groups in total. The van der Waals surface area contributed by atoms with Crippen LogP contribution in [0.2, 0.25) is 0 Å². The van der Waals surface area contributed by atoms with Crippen LogP contribution in [0.15, 0.2) is 23.2 Å². The number of carbonyl (C=O) groups excluding carboxylic acids is 1. The molecule has 1 aromatic rings. The number of benzene rings is 1. The zero-order valence-electron chi connectivity index (χ0n) is 15.7. The maximum absolute atomic E-state index is 13.6. The predicted octanol–water partition coefficient (Wildman–Crippen LogP) is 1.50. The minimum Gasteiger partial charge on any atom is -0.358 e. The molecule has 1 amide bonds. The summed E-state index contributed by atoms with van der Waals surface area (Å²) < 4.78 is 26.8. The smallest absolute Gasteiger partial charge is 0.233 e. The van der Waals surface area contributed by atoms with Crippen LogP contribution in [0.4, 0.5) is 8.78 Å². The number of nitrogens with one attached hydrogen (secondary N) is 3. The predicted molar refractivity (Wildman–Crippen MR) is 114 cm³/mol. The molecular formula is C18H28F2IN5O. The molecule has 1 aromatic carbocycles. The van der Waals surface area contributed by atoms with E-state index in [1.807, 2.05) is 0 Å². The van der Waals surface area contributed by atoms with E-state index < -0.39 is 11.6 Å². The fourth-order valence-corrected chi connectivity index (χ4v) is 2.96. The van der Waals surface area contributed by atoms with Gasteiger partial charge in [0.05, 0.1) is 6.54 Å². The normalized spacial score (nSPS) is 15.8. The fraction of sp³-hybridized carbons (Fsp3) is 0.556. The third-order valence-corrected chi connectivity index (χ3v) is 4.49.